The predicted molar refractivity (Wildman–Crippen MR) is 74.2 cm³/mol. The van der Waals surface area contributed by atoms with Crippen LogP contribution in [-0.2, 0) is 6.54 Å². The molecule has 1 unspecified atom stereocenters. The quantitative estimate of drug-likeness (QED) is 0.853. The first-order chi connectivity index (χ1) is 7.93. The van der Waals surface area contributed by atoms with Crippen molar-refractivity contribution in [3.8, 4) is 0 Å². The summed E-state index contributed by atoms with van der Waals surface area (Å²) in [5.41, 5.74) is 7.88. The Morgan fingerprint density at radius 2 is 1.94 bits per heavy atom. The molecular formula is C14H25N3. The fourth-order valence-corrected chi connectivity index (χ4v) is 2.09. The smallest absolute Gasteiger partial charge is 0.129 e. The van der Waals surface area contributed by atoms with Gasteiger partial charge in [-0.15, -0.1) is 0 Å². The molecule has 0 bridgehead atoms. The summed E-state index contributed by atoms with van der Waals surface area (Å²) >= 11 is 0. The van der Waals surface area contributed by atoms with Crippen molar-refractivity contribution in [1.82, 2.24) is 4.98 Å². The molecule has 0 radical (unpaired) electrons. The van der Waals surface area contributed by atoms with Gasteiger partial charge in [-0.2, -0.15) is 0 Å². The van der Waals surface area contributed by atoms with Gasteiger partial charge in [-0.25, -0.2) is 4.98 Å². The van der Waals surface area contributed by atoms with Crippen molar-refractivity contribution in [3.05, 3.63) is 23.4 Å². The first-order valence-electron chi connectivity index (χ1n) is 6.34. The van der Waals surface area contributed by atoms with Crippen LogP contribution in [0, 0.1) is 12.8 Å². The summed E-state index contributed by atoms with van der Waals surface area (Å²) in [4.78, 5) is 6.82. The number of aryl methyl sites for hydroxylation is 1. The Kier molecular flexibility index (Phi) is 4.94. The lowest BCUT2D eigenvalue weighted by molar-refractivity contribution is 0.502. The Bertz CT molecular complexity index is 360. The van der Waals surface area contributed by atoms with Gasteiger partial charge in [0, 0.05) is 25.3 Å². The summed E-state index contributed by atoms with van der Waals surface area (Å²) in [6, 6.07) is 4.63. The van der Waals surface area contributed by atoms with Crippen LogP contribution in [-0.4, -0.2) is 18.1 Å². The van der Waals surface area contributed by atoms with Gasteiger partial charge in [-0.1, -0.05) is 13.8 Å². The zero-order valence-corrected chi connectivity index (χ0v) is 11.7. The van der Waals surface area contributed by atoms with E-state index in [1.165, 1.54) is 6.42 Å². The summed E-state index contributed by atoms with van der Waals surface area (Å²) in [6.07, 6.45) is 1.17. The molecule has 1 aromatic heterocycles. The van der Waals surface area contributed by atoms with Gasteiger partial charge >= 0.3 is 0 Å². The predicted octanol–water partition coefficient (Wildman–Crippen LogP) is 2.72. The summed E-state index contributed by atoms with van der Waals surface area (Å²) < 4.78 is 0. The molecule has 0 saturated heterocycles. The Labute approximate surface area is 105 Å². The Hall–Kier alpha value is -1.09. The molecule has 1 aromatic rings. The fraction of sp³-hybridized carbons (Fsp3) is 0.643. The van der Waals surface area contributed by atoms with Crippen LogP contribution in [0.4, 0.5) is 5.82 Å². The molecule has 0 aliphatic heterocycles. The first-order valence-corrected chi connectivity index (χ1v) is 6.34. The van der Waals surface area contributed by atoms with Crippen LogP contribution in [0.5, 0.6) is 0 Å². The van der Waals surface area contributed by atoms with E-state index in [0.717, 1.165) is 17.1 Å². The van der Waals surface area contributed by atoms with Gasteiger partial charge < -0.3 is 10.6 Å². The van der Waals surface area contributed by atoms with Crippen molar-refractivity contribution < 1.29 is 0 Å². The largest absolute Gasteiger partial charge is 0.357 e. The molecule has 3 heteroatoms. The van der Waals surface area contributed by atoms with Crippen molar-refractivity contribution >= 4 is 5.82 Å². The minimum absolute atomic E-state index is 0.495. The second-order valence-electron chi connectivity index (χ2n) is 5.27. The summed E-state index contributed by atoms with van der Waals surface area (Å²) in [7, 11) is 2.11. The van der Waals surface area contributed by atoms with E-state index >= 15 is 0 Å². The minimum atomic E-state index is 0.495. The van der Waals surface area contributed by atoms with Gasteiger partial charge in [0.05, 0.1) is 0 Å². The SMILES string of the molecule is Cc1cc(CN)cc(N(C)C(C)CC(C)C)n1. The lowest BCUT2D eigenvalue weighted by atomic mass is 10.0. The Morgan fingerprint density at radius 3 is 2.47 bits per heavy atom. The van der Waals surface area contributed by atoms with Crippen LogP contribution in [0.3, 0.4) is 0 Å². The Morgan fingerprint density at radius 1 is 1.29 bits per heavy atom. The van der Waals surface area contributed by atoms with Crippen molar-refractivity contribution in [1.29, 1.82) is 0 Å². The van der Waals surface area contributed by atoms with Gasteiger partial charge in [0.2, 0.25) is 0 Å². The van der Waals surface area contributed by atoms with Gasteiger partial charge in [-0.3, -0.25) is 0 Å². The third-order valence-electron chi connectivity index (χ3n) is 3.07. The van der Waals surface area contributed by atoms with E-state index in [-0.39, 0.29) is 0 Å². The number of anilines is 1. The summed E-state index contributed by atoms with van der Waals surface area (Å²) in [5, 5.41) is 0. The average molecular weight is 235 g/mol. The molecule has 1 atom stereocenters. The van der Waals surface area contributed by atoms with E-state index in [9.17, 15) is 0 Å². The third-order valence-corrected chi connectivity index (χ3v) is 3.07. The fourth-order valence-electron chi connectivity index (χ4n) is 2.09. The molecule has 0 amide bonds. The van der Waals surface area contributed by atoms with E-state index in [0.29, 0.717) is 18.5 Å². The monoisotopic (exact) mass is 235 g/mol. The van der Waals surface area contributed by atoms with E-state index in [1.807, 2.05) is 13.0 Å². The number of hydrogen-bond acceptors (Lipinski definition) is 3. The Balaban J connectivity index is 2.87. The summed E-state index contributed by atoms with van der Waals surface area (Å²) in [5.74, 6) is 1.73. The lowest BCUT2D eigenvalue weighted by Gasteiger charge is -2.28. The molecule has 1 heterocycles. The summed E-state index contributed by atoms with van der Waals surface area (Å²) in [6.45, 7) is 9.33. The highest BCUT2D eigenvalue weighted by molar-refractivity contribution is 5.42. The zero-order valence-electron chi connectivity index (χ0n) is 11.7. The van der Waals surface area contributed by atoms with E-state index in [2.05, 4.69) is 43.8 Å². The molecule has 2 N–H and O–H groups in total. The number of rotatable bonds is 5. The van der Waals surface area contributed by atoms with Crippen LogP contribution >= 0.6 is 0 Å². The number of nitrogens with two attached hydrogens (primary N) is 1. The zero-order chi connectivity index (χ0) is 13.0. The van der Waals surface area contributed by atoms with Crippen molar-refractivity contribution in [2.75, 3.05) is 11.9 Å². The maximum absolute atomic E-state index is 5.70. The second kappa shape index (κ2) is 6.01. The molecular weight excluding hydrogens is 210 g/mol. The lowest BCUT2D eigenvalue weighted by Crippen LogP contribution is -2.31. The van der Waals surface area contributed by atoms with Crippen molar-refractivity contribution in [2.45, 2.75) is 46.7 Å². The molecule has 3 nitrogen and oxygen atoms in total. The normalized spacial score (nSPS) is 12.9. The third kappa shape index (κ3) is 4.00. The number of pyridine rings is 1. The molecule has 1 rings (SSSR count). The first kappa shape index (κ1) is 14.0. The highest BCUT2D eigenvalue weighted by Crippen LogP contribution is 2.19. The van der Waals surface area contributed by atoms with E-state index in [4.69, 9.17) is 5.73 Å². The van der Waals surface area contributed by atoms with Crippen molar-refractivity contribution in [3.63, 3.8) is 0 Å². The molecule has 0 aliphatic rings. The van der Waals surface area contributed by atoms with Crippen LogP contribution in [0.2, 0.25) is 0 Å². The van der Waals surface area contributed by atoms with Gasteiger partial charge in [0.1, 0.15) is 5.82 Å². The molecule has 17 heavy (non-hydrogen) atoms. The molecule has 96 valence electrons. The van der Waals surface area contributed by atoms with Crippen LogP contribution in [0.25, 0.3) is 0 Å². The average Bonchev–Trinajstić information content (AvgIpc) is 2.26. The molecule has 0 saturated carbocycles. The molecule has 0 fully saturated rings. The standard InChI is InChI=1S/C14H25N3/c1-10(2)6-12(4)17(5)14-8-13(9-15)7-11(3)16-14/h7-8,10,12H,6,9,15H2,1-5H3. The minimum Gasteiger partial charge on any atom is -0.357 e. The van der Waals surface area contributed by atoms with Gasteiger partial charge in [-0.05, 0) is 43.9 Å². The maximum atomic E-state index is 5.70. The van der Waals surface area contributed by atoms with Gasteiger partial charge in [0.25, 0.3) is 0 Å². The van der Waals surface area contributed by atoms with Crippen molar-refractivity contribution in [2.24, 2.45) is 11.7 Å². The highest BCUT2D eigenvalue weighted by Gasteiger charge is 2.13. The number of aromatic nitrogens is 1. The topological polar surface area (TPSA) is 42.1 Å². The van der Waals surface area contributed by atoms with Crippen LogP contribution in [0.1, 0.15) is 38.4 Å². The van der Waals surface area contributed by atoms with Crippen LogP contribution in [0.15, 0.2) is 12.1 Å². The number of hydrogen-bond donors (Lipinski definition) is 1. The maximum Gasteiger partial charge on any atom is 0.129 e. The number of nitrogens with zero attached hydrogens (tertiary/aromatic N) is 2. The molecule has 0 aliphatic carbocycles. The highest BCUT2D eigenvalue weighted by atomic mass is 15.2. The van der Waals surface area contributed by atoms with E-state index in [1.54, 1.807) is 0 Å². The second-order valence-corrected chi connectivity index (χ2v) is 5.27. The van der Waals surface area contributed by atoms with Crippen LogP contribution < -0.4 is 10.6 Å². The molecule has 0 spiro atoms. The molecule has 0 aromatic carbocycles. The van der Waals surface area contributed by atoms with Gasteiger partial charge in [0.15, 0.2) is 0 Å². The van der Waals surface area contributed by atoms with E-state index < -0.39 is 0 Å².